The van der Waals surface area contributed by atoms with Crippen LogP contribution in [0.1, 0.15) is 36.7 Å². The molecule has 6 heteroatoms. The third-order valence-corrected chi connectivity index (χ3v) is 6.04. The Morgan fingerprint density at radius 3 is 2.63 bits per heavy atom. The van der Waals surface area contributed by atoms with E-state index in [0.29, 0.717) is 28.6 Å². The van der Waals surface area contributed by atoms with Crippen LogP contribution >= 0.6 is 0 Å². The summed E-state index contributed by atoms with van der Waals surface area (Å²) in [5.41, 5.74) is 0.763. The Labute approximate surface area is 156 Å². The van der Waals surface area contributed by atoms with Gasteiger partial charge in [0.05, 0.1) is 30.0 Å². The first-order valence-corrected chi connectivity index (χ1v) is 9.05. The third kappa shape index (κ3) is 2.67. The molecule has 5 atom stereocenters. The maximum absolute atomic E-state index is 14.5. The summed E-state index contributed by atoms with van der Waals surface area (Å²) in [6.07, 6.45) is -0.0507. The Morgan fingerprint density at radius 1 is 1.22 bits per heavy atom. The van der Waals surface area contributed by atoms with Gasteiger partial charge in [0.25, 0.3) is 0 Å². The molecule has 3 N–H and O–H groups in total. The summed E-state index contributed by atoms with van der Waals surface area (Å²) in [6, 6.07) is 10.3. The van der Waals surface area contributed by atoms with E-state index in [0.717, 1.165) is 0 Å². The highest BCUT2D eigenvalue weighted by molar-refractivity contribution is 5.82. The molecule has 0 spiro atoms. The van der Waals surface area contributed by atoms with Crippen LogP contribution in [0, 0.1) is 18.2 Å². The summed E-state index contributed by atoms with van der Waals surface area (Å²) in [5, 5.41) is 33.2. The largest absolute Gasteiger partial charge is 0.390 e. The molecule has 0 bridgehead atoms. The molecular formula is C21H23FN2O3. The Kier molecular flexibility index (Phi) is 4.29. The van der Waals surface area contributed by atoms with Gasteiger partial charge < -0.3 is 19.9 Å². The molecule has 4 rings (SSSR count). The van der Waals surface area contributed by atoms with Gasteiger partial charge in [0.15, 0.2) is 5.82 Å². The van der Waals surface area contributed by atoms with Crippen molar-refractivity contribution in [2.45, 2.75) is 44.6 Å². The van der Waals surface area contributed by atoms with Gasteiger partial charge in [-0.1, -0.05) is 37.3 Å². The van der Waals surface area contributed by atoms with Gasteiger partial charge in [-0.2, -0.15) is 0 Å². The first-order chi connectivity index (χ1) is 12.8. The maximum atomic E-state index is 14.5. The lowest BCUT2D eigenvalue weighted by Gasteiger charge is -2.34. The fraction of sp³-hybridized carbons (Fsp3) is 0.381. The van der Waals surface area contributed by atoms with E-state index in [-0.39, 0.29) is 0 Å². The Morgan fingerprint density at radius 2 is 1.93 bits per heavy atom. The molecule has 0 aliphatic heterocycles. The van der Waals surface area contributed by atoms with Crippen molar-refractivity contribution in [3.05, 3.63) is 65.9 Å². The summed E-state index contributed by atoms with van der Waals surface area (Å²) >= 11 is 0. The van der Waals surface area contributed by atoms with Crippen molar-refractivity contribution in [1.82, 2.24) is 9.55 Å². The molecule has 1 aromatic carbocycles. The number of hydrogen-bond donors (Lipinski definition) is 3. The van der Waals surface area contributed by atoms with E-state index in [1.54, 1.807) is 42.8 Å². The molecule has 0 radical (unpaired) electrons. The molecule has 3 aromatic rings. The number of halogens is 1. The number of aromatic nitrogens is 2. The van der Waals surface area contributed by atoms with Crippen LogP contribution in [0.15, 0.2) is 48.8 Å². The predicted molar refractivity (Wildman–Crippen MR) is 99.6 cm³/mol. The minimum atomic E-state index is -1.15. The number of aliphatic hydroxyl groups excluding tert-OH is 3. The lowest BCUT2D eigenvalue weighted by molar-refractivity contribution is -0.0764. The van der Waals surface area contributed by atoms with Crippen LogP contribution in [-0.4, -0.2) is 37.1 Å². The van der Waals surface area contributed by atoms with Gasteiger partial charge in [-0.05, 0) is 25.0 Å². The number of rotatable bonds is 3. The Balaban J connectivity index is 1.76. The van der Waals surface area contributed by atoms with Crippen molar-refractivity contribution in [3.63, 3.8) is 0 Å². The number of benzene rings is 1. The van der Waals surface area contributed by atoms with Crippen LogP contribution in [0.25, 0.3) is 10.9 Å². The minimum Gasteiger partial charge on any atom is -0.390 e. The highest BCUT2D eigenvalue weighted by Crippen LogP contribution is 2.52. The molecule has 0 amide bonds. The zero-order chi connectivity index (χ0) is 19.3. The first-order valence-electron chi connectivity index (χ1n) is 9.05. The molecule has 5 nitrogen and oxygen atoms in total. The van der Waals surface area contributed by atoms with Crippen LogP contribution in [0.3, 0.4) is 0 Å². The number of aryl methyl sites for hydroxylation is 1. The molecule has 1 aliphatic carbocycles. The fourth-order valence-corrected chi connectivity index (χ4v) is 4.40. The molecule has 27 heavy (non-hydrogen) atoms. The van der Waals surface area contributed by atoms with Crippen molar-refractivity contribution >= 4 is 10.9 Å². The molecular weight excluding hydrogens is 347 g/mol. The number of pyridine rings is 1. The topological polar surface area (TPSA) is 78.5 Å². The number of nitrogens with zero attached hydrogens (tertiary/aromatic N) is 2. The van der Waals surface area contributed by atoms with Crippen molar-refractivity contribution < 1.29 is 19.7 Å². The Hall–Kier alpha value is -2.28. The smallest absolute Gasteiger partial charge is 0.165 e. The SMILES string of the molecule is Cc1ncc(F)c2c1ccn2[C@@H]1C[C@](C)(C(O)c2ccccc2)[C@@H](O)[C@H]1O. The second kappa shape index (κ2) is 6.41. The quantitative estimate of drug-likeness (QED) is 0.662. The summed E-state index contributed by atoms with van der Waals surface area (Å²) in [7, 11) is 0. The maximum Gasteiger partial charge on any atom is 0.165 e. The highest BCUT2D eigenvalue weighted by atomic mass is 19.1. The van der Waals surface area contributed by atoms with E-state index < -0.39 is 35.6 Å². The summed E-state index contributed by atoms with van der Waals surface area (Å²) in [6.45, 7) is 3.56. The second-order valence-corrected chi connectivity index (χ2v) is 7.70. The van der Waals surface area contributed by atoms with Gasteiger partial charge in [-0.15, -0.1) is 0 Å². The molecule has 142 valence electrons. The van der Waals surface area contributed by atoms with Crippen molar-refractivity contribution in [2.75, 3.05) is 0 Å². The van der Waals surface area contributed by atoms with Crippen molar-refractivity contribution in [3.8, 4) is 0 Å². The summed E-state index contributed by atoms with van der Waals surface area (Å²) in [4.78, 5) is 4.04. The van der Waals surface area contributed by atoms with Gasteiger partial charge in [-0.3, -0.25) is 4.98 Å². The molecule has 1 fully saturated rings. The van der Waals surface area contributed by atoms with Gasteiger partial charge in [0.1, 0.15) is 6.10 Å². The van der Waals surface area contributed by atoms with Crippen LogP contribution in [0.5, 0.6) is 0 Å². The lowest BCUT2D eigenvalue weighted by Crippen LogP contribution is -2.38. The van der Waals surface area contributed by atoms with E-state index in [2.05, 4.69) is 4.98 Å². The average molecular weight is 370 g/mol. The lowest BCUT2D eigenvalue weighted by atomic mass is 9.77. The van der Waals surface area contributed by atoms with Gasteiger partial charge in [-0.25, -0.2) is 4.39 Å². The van der Waals surface area contributed by atoms with Gasteiger partial charge in [0, 0.05) is 22.7 Å². The Bertz CT molecular complexity index is 974. The fourth-order valence-electron chi connectivity index (χ4n) is 4.40. The molecule has 1 saturated carbocycles. The number of aliphatic hydroxyl groups is 3. The standard InChI is InChI=1S/C21H23FN2O3/c1-12-14-8-9-24(17(14)15(22)11-23-12)16-10-21(2,20(27)18(16)25)19(26)13-6-4-3-5-7-13/h3-9,11,16,18-20,25-27H,10H2,1-2H3/t16-,18+,19?,20+,21-/m1/s1. The molecule has 0 saturated heterocycles. The van der Waals surface area contributed by atoms with Gasteiger partial charge >= 0.3 is 0 Å². The predicted octanol–water partition coefficient (Wildman–Crippen LogP) is 2.89. The third-order valence-electron chi connectivity index (χ3n) is 6.04. The van der Waals surface area contributed by atoms with E-state index >= 15 is 0 Å². The van der Waals surface area contributed by atoms with Crippen LogP contribution in [0.2, 0.25) is 0 Å². The first kappa shape index (κ1) is 18.1. The van der Waals surface area contributed by atoms with E-state index in [4.69, 9.17) is 0 Å². The van der Waals surface area contributed by atoms with E-state index in [1.165, 1.54) is 6.20 Å². The van der Waals surface area contributed by atoms with Crippen LogP contribution in [-0.2, 0) is 0 Å². The second-order valence-electron chi connectivity index (χ2n) is 7.70. The monoisotopic (exact) mass is 370 g/mol. The summed E-state index contributed by atoms with van der Waals surface area (Å²) in [5.74, 6) is -0.473. The van der Waals surface area contributed by atoms with Crippen LogP contribution in [0.4, 0.5) is 4.39 Å². The van der Waals surface area contributed by atoms with Crippen LogP contribution < -0.4 is 0 Å². The number of fused-ring (bicyclic) bond motifs is 1. The molecule has 1 unspecified atom stereocenters. The average Bonchev–Trinajstić information content (AvgIpc) is 3.22. The van der Waals surface area contributed by atoms with E-state index in [1.807, 2.05) is 18.2 Å². The van der Waals surface area contributed by atoms with E-state index in [9.17, 15) is 19.7 Å². The van der Waals surface area contributed by atoms with Crippen molar-refractivity contribution in [2.24, 2.45) is 5.41 Å². The van der Waals surface area contributed by atoms with Crippen molar-refractivity contribution in [1.29, 1.82) is 0 Å². The molecule has 2 aromatic heterocycles. The zero-order valence-electron chi connectivity index (χ0n) is 15.2. The zero-order valence-corrected chi connectivity index (χ0v) is 15.2. The normalized spacial score (nSPS) is 29.3. The summed E-state index contributed by atoms with van der Waals surface area (Å²) < 4.78 is 16.1. The number of hydrogen-bond acceptors (Lipinski definition) is 4. The molecule has 1 aliphatic rings. The molecule has 2 heterocycles. The van der Waals surface area contributed by atoms with Gasteiger partial charge in [0.2, 0.25) is 0 Å². The highest BCUT2D eigenvalue weighted by Gasteiger charge is 2.54. The minimum absolute atomic E-state index is 0.302.